The maximum absolute atomic E-state index is 13.4. The highest BCUT2D eigenvalue weighted by atomic mass is 32.1. The van der Waals surface area contributed by atoms with E-state index in [2.05, 4.69) is 20.5 Å². The molecule has 6 nitrogen and oxygen atoms in total. The highest BCUT2D eigenvalue weighted by Gasteiger charge is 2.14. The molecule has 2 aromatic carbocycles. The van der Waals surface area contributed by atoms with Crippen LogP contribution in [0.5, 0.6) is 0 Å². The average molecular weight is 424 g/mol. The molecule has 30 heavy (non-hydrogen) atoms. The minimum Gasteiger partial charge on any atom is -0.356 e. The van der Waals surface area contributed by atoms with Crippen molar-refractivity contribution < 1.29 is 9.18 Å². The minimum absolute atomic E-state index is 0.0258. The van der Waals surface area contributed by atoms with Crippen molar-refractivity contribution in [3.63, 3.8) is 0 Å². The molecule has 2 aromatic heterocycles. The van der Waals surface area contributed by atoms with E-state index >= 15 is 0 Å². The third-order valence-corrected chi connectivity index (χ3v) is 5.56. The van der Waals surface area contributed by atoms with Crippen molar-refractivity contribution in [2.75, 3.05) is 6.54 Å². The number of aryl methyl sites for hydroxylation is 1. The van der Waals surface area contributed by atoms with Gasteiger partial charge in [0.1, 0.15) is 11.6 Å². The number of rotatable bonds is 7. The number of para-hydroxylation sites is 1. The Morgan fingerprint density at radius 3 is 2.67 bits per heavy atom. The zero-order valence-electron chi connectivity index (χ0n) is 16.5. The zero-order chi connectivity index (χ0) is 21.1. The number of benzene rings is 2. The Morgan fingerprint density at radius 2 is 1.93 bits per heavy atom. The van der Waals surface area contributed by atoms with Crippen molar-refractivity contribution in [2.45, 2.75) is 19.3 Å². The summed E-state index contributed by atoms with van der Waals surface area (Å²) in [5.74, 6) is 0.502. The number of carbonyl (C=O) groups excluding carboxylic acids is 1. The zero-order valence-corrected chi connectivity index (χ0v) is 17.4. The molecule has 0 saturated heterocycles. The molecule has 0 atom stereocenters. The number of aromatic amines is 2. The maximum atomic E-state index is 13.4. The van der Waals surface area contributed by atoms with Gasteiger partial charge in [-0.2, -0.15) is 5.10 Å². The molecule has 1 amide bonds. The van der Waals surface area contributed by atoms with Gasteiger partial charge in [0.25, 0.3) is 0 Å². The molecule has 0 aliphatic heterocycles. The molecule has 0 aliphatic rings. The van der Waals surface area contributed by atoms with Crippen molar-refractivity contribution >= 4 is 29.0 Å². The van der Waals surface area contributed by atoms with Crippen molar-refractivity contribution in [1.82, 2.24) is 25.1 Å². The molecule has 2 heterocycles. The van der Waals surface area contributed by atoms with Gasteiger partial charge in [-0.05, 0) is 60.1 Å². The Hall–Kier alpha value is -3.26. The van der Waals surface area contributed by atoms with Crippen LogP contribution in [0.4, 0.5) is 4.39 Å². The van der Waals surface area contributed by atoms with E-state index in [4.69, 9.17) is 12.2 Å². The number of hydrogen-bond donors (Lipinski definition) is 3. The van der Waals surface area contributed by atoms with Crippen LogP contribution in [0.2, 0.25) is 0 Å². The van der Waals surface area contributed by atoms with E-state index in [0.29, 0.717) is 30.6 Å². The number of carbonyl (C=O) groups is 1. The summed E-state index contributed by atoms with van der Waals surface area (Å²) in [6.07, 6.45) is 1.54. The van der Waals surface area contributed by atoms with Crippen molar-refractivity contribution in [3.8, 4) is 11.3 Å². The predicted molar refractivity (Wildman–Crippen MR) is 117 cm³/mol. The summed E-state index contributed by atoms with van der Waals surface area (Å²) in [6.45, 7) is 0.491. The van der Waals surface area contributed by atoms with Crippen LogP contribution in [0.3, 0.4) is 0 Å². The summed E-state index contributed by atoms with van der Waals surface area (Å²) in [4.78, 5) is 15.8. The van der Waals surface area contributed by atoms with Crippen LogP contribution in [0.1, 0.15) is 17.8 Å². The molecule has 0 radical (unpaired) electrons. The molecular formula is C22H22FN5OS. The number of amides is 1. The van der Waals surface area contributed by atoms with Gasteiger partial charge in [-0.15, -0.1) is 0 Å². The van der Waals surface area contributed by atoms with Crippen molar-refractivity contribution in [2.24, 2.45) is 7.05 Å². The van der Waals surface area contributed by atoms with Crippen LogP contribution in [0.15, 0.2) is 48.5 Å². The van der Waals surface area contributed by atoms with Gasteiger partial charge < -0.3 is 14.9 Å². The normalized spacial score (nSPS) is 11.1. The first-order valence-electron chi connectivity index (χ1n) is 9.75. The topological polar surface area (TPSA) is 78.5 Å². The third-order valence-electron chi connectivity index (χ3n) is 5.19. The molecule has 154 valence electrons. The Morgan fingerprint density at radius 1 is 1.17 bits per heavy atom. The second kappa shape index (κ2) is 8.62. The smallest absolute Gasteiger partial charge is 0.220 e. The molecule has 0 saturated carbocycles. The fourth-order valence-electron chi connectivity index (χ4n) is 3.57. The molecule has 0 unspecified atom stereocenters. The monoisotopic (exact) mass is 423 g/mol. The van der Waals surface area contributed by atoms with Crippen LogP contribution in [0, 0.1) is 10.6 Å². The van der Waals surface area contributed by atoms with E-state index in [-0.39, 0.29) is 11.7 Å². The lowest BCUT2D eigenvalue weighted by Crippen LogP contribution is -2.26. The predicted octanol–water partition coefficient (Wildman–Crippen LogP) is 4.06. The third kappa shape index (κ3) is 4.18. The number of fused-ring (bicyclic) bond motifs is 1. The van der Waals surface area contributed by atoms with E-state index in [1.807, 2.05) is 31.3 Å². The van der Waals surface area contributed by atoms with Gasteiger partial charge in [0.2, 0.25) is 5.91 Å². The number of aromatic nitrogens is 4. The molecular weight excluding hydrogens is 401 g/mol. The molecule has 0 fully saturated rings. The number of nitrogens with zero attached hydrogens (tertiary/aromatic N) is 2. The van der Waals surface area contributed by atoms with E-state index in [0.717, 1.165) is 33.5 Å². The SMILES string of the molecule is Cn1c(CCNC(=O)CCc2c(-c3ccc(F)cc3)[nH]c3ccccc23)n[nH]c1=S. The fraction of sp³-hybridized carbons (Fsp3) is 0.227. The second-order valence-corrected chi connectivity index (χ2v) is 7.52. The van der Waals surface area contributed by atoms with E-state index in [9.17, 15) is 9.18 Å². The molecule has 4 aromatic rings. The van der Waals surface area contributed by atoms with Gasteiger partial charge in [-0.3, -0.25) is 9.89 Å². The molecule has 8 heteroatoms. The summed E-state index contributed by atoms with van der Waals surface area (Å²) in [6, 6.07) is 14.4. The van der Waals surface area contributed by atoms with Crippen LogP contribution in [-0.2, 0) is 24.7 Å². The van der Waals surface area contributed by atoms with E-state index in [1.165, 1.54) is 12.1 Å². The highest BCUT2D eigenvalue weighted by Crippen LogP contribution is 2.31. The highest BCUT2D eigenvalue weighted by molar-refractivity contribution is 7.71. The number of H-pyrrole nitrogens is 2. The van der Waals surface area contributed by atoms with Gasteiger partial charge in [0, 0.05) is 43.0 Å². The first-order valence-corrected chi connectivity index (χ1v) is 10.2. The van der Waals surface area contributed by atoms with Crippen LogP contribution in [0.25, 0.3) is 22.2 Å². The summed E-state index contributed by atoms with van der Waals surface area (Å²) in [5.41, 5.74) is 3.87. The minimum atomic E-state index is -0.274. The first kappa shape index (κ1) is 20.0. The van der Waals surface area contributed by atoms with Crippen molar-refractivity contribution in [3.05, 3.63) is 70.5 Å². The van der Waals surface area contributed by atoms with E-state index < -0.39 is 0 Å². The standard InChI is InChI=1S/C22H22FN5OS/c1-28-19(26-27-22(28)30)12-13-24-20(29)11-10-17-16-4-2-3-5-18(16)25-21(17)14-6-8-15(23)9-7-14/h2-9,25H,10-13H2,1H3,(H,24,29)(H,27,30). The fourth-order valence-corrected chi connectivity index (χ4v) is 3.72. The van der Waals surface area contributed by atoms with Crippen molar-refractivity contribution in [1.29, 1.82) is 0 Å². The summed E-state index contributed by atoms with van der Waals surface area (Å²) in [5, 5.41) is 10.9. The van der Waals surface area contributed by atoms with Crippen LogP contribution >= 0.6 is 12.2 Å². The van der Waals surface area contributed by atoms with Crippen LogP contribution < -0.4 is 5.32 Å². The Kier molecular flexibility index (Phi) is 5.76. The summed E-state index contributed by atoms with van der Waals surface area (Å²) in [7, 11) is 1.84. The Bertz CT molecular complexity index is 1240. The molecule has 0 bridgehead atoms. The Labute approximate surface area is 178 Å². The maximum Gasteiger partial charge on any atom is 0.220 e. The van der Waals surface area contributed by atoms with Gasteiger partial charge in [0.15, 0.2) is 4.77 Å². The number of nitrogens with one attached hydrogen (secondary N) is 3. The van der Waals surface area contributed by atoms with Gasteiger partial charge in [-0.25, -0.2) is 4.39 Å². The number of halogens is 1. The van der Waals surface area contributed by atoms with Gasteiger partial charge >= 0.3 is 0 Å². The van der Waals surface area contributed by atoms with Gasteiger partial charge in [-0.1, -0.05) is 18.2 Å². The van der Waals surface area contributed by atoms with Crippen LogP contribution in [-0.4, -0.2) is 32.2 Å². The first-order chi connectivity index (χ1) is 14.5. The number of hydrogen-bond acceptors (Lipinski definition) is 3. The second-order valence-electron chi connectivity index (χ2n) is 7.13. The molecule has 0 spiro atoms. The summed E-state index contributed by atoms with van der Waals surface area (Å²) < 4.78 is 15.7. The molecule has 4 rings (SSSR count). The lowest BCUT2D eigenvalue weighted by atomic mass is 10.0. The average Bonchev–Trinajstić information content (AvgIpc) is 3.27. The van der Waals surface area contributed by atoms with E-state index in [1.54, 1.807) is 16.7 Å². The largest absolute Gasteiger partial charge is 0.356 e. The van der Waals surface area contributed by atoms with Gasteiger partial charge in [0.05, 0.1) is 0 Å². The molecule has 3 N–H and O–H groups in total. The quantitative estimate of drug-likeness (QED) is 0.392. The Balaban J connectivity index is 1.46. The summed E-state index contributed by atoms with van der Waals surface area (Å²) >= 11 is 5.10. The lowest BCUT2D eigenvalue weighted by molar-refractivity contribution is -0.121. The molecule has 0 aliphatic carbocycles. The lowest BCUT2D eigenvalue weighted by Gasteiger charge is -2.07.